The summed E-state index contributed by atoms with van der Waals surface area (Å²) in [6.45, 7) is 8.26. The fourth-order valence-corrected chi connectivity index (χ4v) is 2.65. The SMILES string of the molecule is CCCN(CCNCC)C1=CCC(CN)([N+](=O)[O-])CC1. The highest BCUT2D eigenvalue weighted by Gasteiger charge is 2.42. The monoisotopic (exact) mass is 284 g/mol. The Morgan fingerprint density at radius 1 is 1.50 bits per heavy atom. The number of rotatable bonds is 9. The molecule has 0 aliphatic heterocycles. The predicted molar refractivity (Wildman–Crippen MR) is 81.1 cm³/mol. The number of nitrogens with one attached hydrogen (secondary N) is 1. The minimum Gasteiger partial charge on any atom is -0.374 e. The molecular formula is C14H28N4O2. The molecule has 1 aliphatic rings. The third-order valence-electron chi connectivity index (χ3n) is 4.04. The zero-order chi connectivity index (χ0) is 15.0. The average Bonchev–Trinajstić information content (AvgIpc) is 2.46. The Morgan fingerprint density at radius 2 is 2.25 bits per heavy atom. The first kappa shape index (κ1) is 16.9. The number of likely N-dealkylation sites (N-methyl/N-ethyl adjacent to an activating group) is 1. The Kier molecular flexibility index (Phi) is 6.95. The van der Waals surface area contributed by atoms with E-state index < -0.39 is 5.54 Å². The van der Waals surface area contributed by atoms with E-state index in [0.29, 0.717) is 12.8 Å². The lowest BCUT2D eigenvalue weighted by Gasteiger charge is -2.33. The van der Waals surface area contributed by atoms with E-state index in [4.69, 9.17) is 5.73 Å². The molecule has 1 atom stereocenters. The largest absolute Gasteiger partial charge is 0.374 e. The average molecular weight is 284 g/mol. The zero-order valence-corrected chi connectivity index (χ0v) is 12.7. The van der Waals surface area contributed by atoms with Gasteiger partial charge in [0.2, 0.25) is 5.54 Å². The third kappa shape index (κ3) is 4.18. The second kappa shape index (κ2) is 8.21. The van der Waals surface area contributed by atoms with Gasteiger partial charge in [0.05, 0.1) is 6.54 Å². The van der Waals surface area contributed by atoms with E-state index in [0.717, 1.165) is 39.0 Å². The molecule has 116 valence electrons. The molecule has 0 spiro atoms. The van der Waals surface area contributed by atoms with Crippen molar-refractivity contribution in [3.05, 3.63) is 21.9 Å². The van der Waals surface area contributed by atoms with Crippen LogP contribution in [-0.4, -0.2) is 48.1 Å². The van der Waals surface area contributed by atoms with E-state index in [1.807, 2.05) is 6.08 Å². The van der Waals surface area contributed by atoms with Crippen LogP contribution in [0.25, 0.3) is 0 Å². The second-order valence-corrected chi connectivity index (χ2v) is 5.43. The highest BCUT2D eigenvalue weighted by molar-refractivity contribution is 5.10. The van der Waals surface area contributed by atoms with Gasteiger partial charge in [-0.3, -0.25) is 10.1 Å². The van der Waals surface area contributed by atoms with E-state index in [1.54, 1.807) is 0 Å². The standard InChI is InChI=1S/C14H28N4O2/c1-3-10-17(11-9-16-4-2)13-5-7-14(12-15,8-6-13)18(19)20/h5,16H,3-4,6-12,15H2,1-2H3. The van der Waals surface area contributed by atoms with Crippen molar-refractivity contribution in [2.24, 2.45) is 5.73 Å². The fourth-order valence-electron chi connectivity index (χ4n) is 2.65. The van der Waals surface area contributed by atoms with Crippen molar-refractivity contribution in [3.63, 3.8) is 0 Å². The van der Waals surface area contributed by atoms with Crippen molar-refractivity contribution in [1.29, 1.82) is 0 Å². The summed E-state index contributed by atoms with van der Waals surface area (Å²) >= 11 is 0. The number of allylic oxidation sites excluding steroid dienone is 1. The maximum Gasteiger partial charge on any atom is 0.238 e. The van der Waals surface area contributed by atoms with Gasteiger partial charge in [0.1, 0.15) is 0 Å². The molecule has 0 aromatic heterocycles. The molecule has 3 N–H and O–H groups in total. The molecule has 0 heterocycles. The van der Waals surface area contributed by atoms with Gasteiger partial charge in [-0.05, 0) is 19.4 Å². The molecule has 1 unspecified atom stereocenters. The van der Waals surface area contributed by atoms with Gasteiger partial charge in [-0.2, -0.15) is 0 Å². The number of hydrogen-bond acceptors (Lipinski definition) is 5. The van der Waals surface area contributed by atoms with E-state index in [9.17, 15) is 10.1 Å². The summed E-state index contributed by atoms with van der Waals surface area (Å²) in [5.41, 5.74) is 5.93. The molecule has 0 aromatic carbocycles. The Bertz CT molecular complexity index is 346. The lowest BCUT2D eigenvalue weighted by molar-refractivity contribution is -0.568. The maximum atomic E-state index is 11.2. The summed E-state index contributed by atoms with van der Waals surface area (Å²) in [4.78, 5) is 13.4. The maximum absolute atomic E-state index is 11.2. The molecule has 0 amide bonds. The first-order chi connectivity index (χ1) is 9.59. The molecule has 0 bridgehead atoms. The van der Waals surface area contributed by atoms with Gasteiger partial charge in [-0.1, -0.05) is 19.9 Å². The van der Waals surface area contributed by atoms with Gasteiger partial charge in [0, 0.05) is 43.1 Å². The van der Waals surface area contributed by atoms with Gasteiger partial charge < -0.3 is 16.0 Å². The molecule has 0 aromatic rings. The number of nitrogens with two attached hydrogens (primary N) is 1. The van der Waals surface area contributed by atoms with E-state index >= 15 is 0 Å². The zero-order valence-electron chi connectivity index (χ0n) is 12.7. The van der Waals surface area contributed by atoms with Crippen molar-refractivity contribution < 1.29 is 4.92 Å². The molecule has 0 saturated heterocycles. The van der Waals surface area contributed by atoms with Crippen LogP contribution in [0.5, 0.6) is 0 Å². The van der Waals surface area contributed by atoms with Gasteiger partial charge in [-0.15, -0.1) is 0 Å². The Balaban J connectivity index is 2.67. The number of nitrogens with zero attached hydrogens (tertiary/aromatic N) is 2. The normalized spacial score (nSPS) is 22.4. The summed E-state index contributed by atoms with van der Waals surface area (Å²) in [5, 5.41) is 14.5. The fraction of sp³-hybridized carbons (Fsp3) is 0.857. The summed E-state index contributed by atoms with van der Waals surface area (Å²) < 4.78 is 0. The summed E-state index contributed by atoms with van der Waals surface area (Å²) in [7, 11) is 0. The highest BCUT2D eigenvalue weighted by Crippen LogP contribution is 2.31. The Morgan fingerprint density at radius 3 is 2.70 bits per heavy atom. The van der Waals surface area contributed by atoms with E-state index in [2.05, 4.69) is 24.1 Å². The quantitative estimate of drug-likeness (QED) is 0.379. The number of nitro groups is 1. The van der Waals surface area contributed by atoms with E-state index in [-0.39, 0.29) is 11.5 Å². The predicted octanol–water partition coefficient (Wildman–Crippen LogP) is 1.35. The molecule has 1 rings (SSSR count). The molecule has 6 nitrogen and oxygen atoms in total. The second-order valence-electron chi connectivity index (χ2n) is 5.43. The first-order valence-corrected chi connectivity index (χ1v) is 7.59. The van der Waals surface area contributed by atoms with Crippen LogP contribution in [0.3, 0.4) is 0 Å². The topological polar surface area (TPSA) is 84.4 Å². The van der Waals surface area contributed by atoms with Crippen molar-refractivity contribution in [3.8, 4) is 0 Å². The van der Waals surface area contributed by atoms with Crippen LogP contribution in [0.1, 0.15) is 39.5 Å². The van der Waals surface area contributed by atoms with Gasteiger partial charge in [0.15, 0.2) is 0 Å². The van der Waals surface area contributed by atoms with Crippen molar-refractivity contribution >= 4 is 0 Å². The van der Waals surface area contributed by atoms with E-state index in [1.165, 1.54) is 5.70 Å². The lowest BCUT2D eigenvalue weighted by Crippen LogP contribution is -2.47. The van der Waals surface area contributed by atoms with Gasteiger partial charge in [-0.25, -0.2) is 0 Å². The van der Waals surface area contributed by atoms with Crippen LogP contribution in [0.2, 0.25) is 0 Å². The molecule has 20 heavy (non-hydrogen) atoms. The third-order valence-corrected chi connectivity index (χ3v) is 4.04. The van der Waals surface area contributed by atoms with Crippen LogP contribution in [0.4, 0.5) is 0 Å². The van der Waals surface area contributed by atoms with Crippen LogP contribution < -0.4 is 11.1 Å². The molecule has 6 heteroatoms. The summed E-state index contributed by atoms with van der Waals surface area (Å²) in [5.74, 6) is 0. The van der Waals surface area contributed by atoms with Crippen LogP contribution in [0.15, 0.2) is 11.8 Å². The Labute approximate surface area is 121 Å². The molecule has 1 aliphatic carbocycles. The molecule has 0 fully saturated rings. The van der Waals surface area contributed by atoms with Gasteiger partial charge in [0.25, 0.3) is 0 Å². The van der Waals surface area contributed by atoms with Crippen molar-refractivity contribution in [1.82, 2.24) is 10.2 Å². The smallest absolute Gasteiger partial charge is 0.238 e. The highest BCUT2D eigenvalue weighted by atomic mass is 16.6. The van der Waals surface area contributed by atoms with Crippen molar-refractivity contribution in [2.45, 2.75) is 45.1 Å². The summed E-state index contributed by atoms with van der Waals surface area (Å²) in [6, 6.07) is 0. The van der Waals surface area contributed by atoms with Gasteiger partial charge >= 0.3 is 0 Å². The van der Waals surface area contributed by atoms with Crippen LogP contribution >= 0.6 is 0 Å². The molecule has 0 saturated carbocycles. The van der Waals surface area contributed by atoms with Crippen LogP contribution in [-0.2, 0) is 0 Å². The molecular weight excluding hydrogens is 256 g/mol. The lowest BCUT2D eigenvalue weighted by atomic mass is 9.84. The van der Waals surface area contributed by atoms with Crippen LogP contribution in [0, 0.1) is 10.1 Å². The molecule has 0 radical (unpaired) electrons. The minimum atomic E-state index is -0.941. The summed E-state index contributed by atoms with van der Waals surface area (Å²) in [6.07, 6.45) is 4.86. The Hall–Kier alpha value is -1.14. The minimum absolute atomic E-state index is 0.120. The number of hydrogen-bond donors (Lipinski definition) is 2. The first-order valence-electron chi connectivity index (χ1n) is 7.59. The van der Waals surface area contributed by atoms with Crippen molar-refractivity contribution in [2.75, 3.05) is 32.7 Å².